The number of carbonyl (C=O) groups excluding carboxylic acids is 1. The lowest BCUT2D eigenvalue weighted by Crippen LogP contribution is -2.46. The second-order valence-electron chi connectivity index (χ2n) is 6.90. The summed E-state index contributed by atoms with van der Waals surface area (Å²) in [6, 6.07) is 0.808. The van der Waals surface area contributed by atoms with Crippen molar-refractivity contribution in [2.75, 3.05) is 26.2 Å². The van der Waals surface area contributed by atoms with Crippen molar-refractivity contribution in [3.05, 3.63) is 0 Å². The van der Waals surface area contributed by atoms with Crippen molar-refractivity contribution in [3.8, 4) is 0 Å². The molecule has 0 aromatic heterocycles. The molecule has 4 nitrogen and oxygen atoms in total. The van der Waals surface area contributed by atoms with Gasteiger partial charge in [0.25, 0.3) is 0 Å². The molecule has 122 valence electrons. The summed E-state index contributed by atoms with van der Waals surface area (Å²) in [4.78, 5) is 14.6. The summed E-state index contributed by atoms with van der Waals surface area (Å²) in [6.07, 6.45) is 11.6. The minimum absolute atomic E-state index is 0.174. The van der Waals surface area contributed by atoms with Crippen LogP contribution >= 0.6 is 0 Å². The molecule has 1 unspecified atom stereocenters. The van der Waals surface area contributed by atoms with Gasteiger partial charge in [-0.3, -0.25) is 4.79 Å². The maximum atomic E-state index is 12.0. The van der Waals surface area contributed by atoms with Crippen molar-refractivity contribution in [3.63, 3.8) is 0 Å². The summed E-state index contributed by atoms with van der Waals surface area (Å²) in [7, 11) is 0. The van der Waals surface area contributed by atoms with E-state index in [1.807, 2.05) is 0 Å². The molecule has 1 aliphatic heterocycles. The smallest absolute Gasteiger partial charge is 0.234 e. The first-order valence-electron chi connectivity index (χ1n) is 8.99. The van der Waals surface area contributed by atoms with Crippen molar-refractivity contribution >= 4 is 5.91 Å². The molecule has 0 aromatic rings. The van der Waals surface area contributed by atoms with E-state index in [0.29, 0.717) is 18.6 Å². The zero-order valence-electron chi connectivity index (χ0n) is 13.7. The van der Waals surface area contributed by atoms with E-state index >= 15 is 0 Å². The Kier molecular flexibility index (Phi) is 7.51. The molecule has 0 radical (unpaired) electrons. The predicted octanol–water partition coefficient (Wildman–Crippen LogP) is 2.29. The van der Waals surface area contributed by atoms with E-state index in [1.165, 1.54) is 58.0 Å². The summed E-state index contributed by atoms with van der Waals surface area (Å²) in [5, 5.41) is 6.58. The van der Waals surface area contributed by atoms with E-state index in [1.54, 1.807) is 0 Å². The van der Waals surface area contributed by atoms with E-state index in [2.05, 4.69) is 22.5 Å². The summed E-state index contributed by atoms with van der Waals surface area (Å²) in [5.74, 6) is 0.174. The van der Waals surface area contributed by atoms with Crippen molar-refractivity contribution in [2.45, 2.75) is 76.8 Å². The van der Waals surface area contributed by atoms with Crippen LogP contribution in [0.4, 0.5) is 0 Å². The van der Waals surface area contributed by atoms with Gasteiger partial charge < -0.3 is 15.5 Å². The SMILES string of the molecule is CC(CN1CCCCC1)NCC(=O)NC1CCCCCC1. The lowest BCUT2D eigenvalue weighted by atomic mass is 10.1. The van der Waals surface area contributed by atoms with Crippen LogP contribution in [0.2, 0.25) is 0 Å². The van der Waals surface area contributed by atoms with Gasteiger partial charge in [0.15, 0.2) is 0 Å². The molecule has 2 rings (SSSR count). The number of hydrogen-bond acceptors (Lipinski definition) is 3. The third-order valence-electron chi connectivity index (χ3n) is 4.81. The average molecular weight is 295 g/mol. The van der Waals surface area contributed by atoms with E-state index in [4.69, 9.17) is 0 Å². The first kappa shape index (κ1) is 16.8. The molecule has 2 fully saturated rings. The highest BCUT2D eigenvalue weighted by Crippen LogP contribution is 2.17. The van der Waals surface area contributed by atoms with Gasteiger partial charge in [-0.15, -0.1) is 0 Å². The van der Waals surface area contributed by atoms with Crippen LogP contribution < -0.4 is 10.6 Å². The van der Waals surface area contributed by atoms with Crippen molar-refractivity contribution < 1.29 is 4.79 Å². The van der Waals surface area contributed by atoms with E-state index in [-0.39, 0.29) is 5.91 Å². The number of nitrogens with one attached hydrogen (secondary N) is 2. The second kappa shape index (κ2) is 9.42. The molecule has 4 heteroatoms. The molecule has 2 aliphatic rings. The molecule has 2 N–H and O–H groups in total. The van der Waals surface area contributed by atoms with Gasteiger partial charge in [-0.1, -0.05) is 32.1 Å². The van der Waals surface area contributed by atoms with Gasteiger partial charge in [0.2, 0.25) is 5.91 Å². The van der Waals surface area contributed by atoms with E-state index in [9.17, 15) is 4.79 Å². The number of carbonyl (C=O) groups is 1. The number of hydrogen-bond donors (Lipinski definition) is 2. The lowest BCUT2D eigenvalue weighted by molar-refractivity contribution is -0.121. The fourth-order valence-electron chi connectivity index (χ4n) is 3.56. The topological polar surface area (TPSA) is 44.4 Å². The molecular formula is C17H33N3O. The summed E-state index contributed by atoms with van der Waals surface area (Å²) in [6.45, 7) is 6.16. The van der Waals surface area contributed by atoms with E-state index in [0.717, 1.165) is 19.4 Å². The number of nitrogens with zero attached hydrogens (tertiary/aromatic N) is 1. The van der Waals surface area contributed by atoms with Crippen LogP contribution in [0.3, 0.4) is 0 Å². The second-order valence-corrected chi connectivity index (χ2v) is 6.90. The Morgan fingerprint density at radius 1 is 1.05 bits per heavy atom. The summed E-state index contributed by atoms with van der Waals surface area (Å²) >= 11 is 0. The fourth-order valence-corrected chi connectivity index (χ4v) is 3.56. The maximum Gasteiger partial charge on any atom is 0.234 e. The van der Waals surface area contributed by atoms with E-state index < -0.39 is 0 Å². The third kappa shape index (κ3) is 6.79. The Hall–Kier alpha value is -0.610. The van der Waals surface area contributed by atoms with Gasteiger partial charge in [-0.25, -0.2) is 0 Å². The zero-order valence-corrected chi connectivity index (χ0v) is 13.7. The van der Waals surface area contributed by atoms with Gasteiger partial charge in [-0.05, 0) is 45.7 Å². The Balaban J connectivity index is 1.58. The molecule has 1 amide bonds. The fraction of sp³-hybridized carbons (Fsp3) is 0.941. The molecule has 1 atom stereocenters. The molecule has 1 heterocycles. The van der Waals surface area contributed by atoms with Gasteiger partial charge >= 0.3 is 0 Å². The Morgan fingerprint density at radius 2 is 1.67 bits per heavy atom. The Morgan fingerprint density at radius 3 is 2.33 bits per heavy atom. The van der Waals surface area contributed by atoms with Crippen LogP contribution in [0, 0.1) is 0 Å². The van der Waals surface area contributed by atoms with Crippen molar-refractivity contribution in [2.24, 2.45) is 0 Å². The Labute approximate surface area is 130 Å². The predicted molar refractivity (Wildman–Crippen MR) is 87.4 cm³/mol. The maximum absolute atomic E-state index is 12.0. The van der Waals surface area contributed by atoms with Crippen LogP contribution in [0.1, 0.15) is 64.7 Å². The van der Waals surface area contributed by atoms with Crippen LogP contribution in [0.25, 0.3) is 0 Å². The monoisotopic (exact) mass is 295 g/mol. The summed E-state index contributed by atoms with van der Waals surface area (Å²) in [5.41, 5.74) is 0. The minimum Gasteiger partial charge on any atom is -0.352 e. The number of likely N-dealkylation sites (tertiary alicyclic amines) is 1. The molecule has 21 heavy (non-hydrogen) atoms. The standard InChI is InChI=1S/C17H33N3O/c1-15(14-20-11-7-4-8-12-20)18-13-17(21)19-16-9-5-2-3-6-10-16/h15-16,18H,2-14H2,1H3,(H,19,21). The van der Waals surface area contributed by atoms with Crippen LogP contribution in [-0.2, 0) is 4.79 Å². The molecule has 1 aliphatic carbocycles. The summed E-state index contributed by atoms with van der Waals surface area (Å²) < 4.78 is 0. The van der Waals surface area contributed by atoms with Crippen LogP contribution in [-0.4, -0.2) is 49.1 Å². The highest BCUT2D eigenvalue weighted by Gasteiger charge is 2.16. The van der Waals surface area contributed by atoms with Gasteiger partial charge in [0.1, 0.15) is 0 Å². The van der Waals surface area contributed by atoms with Gasteiger partial charge in [0.05, 0.1) is 6.54 Å². The minimum atomic E-state index is 0.174. The number of rotatable bonds is 6. The number of amides is 1. The van der Waals surface area contributed by atoms with Crippen LogP contribution in [0.15, 0.2) is 0 Å². The van der Waals surface area contributed by atoms with Crippen molar-refractivity contribution in [1.29, 1.82) is 0 Å². The average Bonchev–Trinajstić information content (AvgIpc) is 2.75. The van der Waals surface area contributed by atoms with Crippen molar-refractivity contribution in [1.82, 2.24) is 15.5 Å². The van der Waals surface area contributed by atoms with Crippen LogP contribution in [0.5, 0.6) is 0 Å². The third-order valence-corrected chi connectivity index (χ3v) is 4.81. The molecule has 1 saturated carbocycles. The largest absolute Gasteiger partial charge is 0.352 e. The quantitative estimate of drug-likeness (QED) is 0.739. The molecule has 1 saturated heterocycles. The zero-order chi connectivity index (χ0) is 14.9. The van der Waals surface area contributed by atoms with Gasteiger partial charge in [0, 0.05) is 18.6 Å². The Bertz CT molecular complexity index is 294. The molecule has 0 spiro atoms. The first-order valence-corrected chi connectivity index (χ1v) is 8.99. The highest BCUT2D eigenvalue weighted by molar-refractivity contribution is 5.78. The number of piperidine rings is 1. The molecular weight excluding hydrogens is 262 g/mol. The first-order chi connectivity index (χ1) is 10.2. The lowest BCUT2D eigenvalue weighted by Gasteiger charge is -2.29. The highest BCUT2D eigenvalue weighted by atomic mass is 16.1. The normalized spacial score (nSPS) is 23.5. The van der Waals surface area contributed by atoms with Gasteiger partial charge in [-0.2, -0.15) is 0 Å². The molecule has 0 bridgehead atoms. The molecule has 0 aromatic carbocycles.